The first-order valence-corrected chi connectivity index (χ1v) is 7.30. The van der Waals surface area contributed by atoms with E-state index < -0.39 is 22.0 Å². The zero-order chi connectivity index (χ0) is 14.8. The number of sulfonamides is 1. The molecule has 0 fully saturated rings. The first-order valence-electron chi connectivity index (χ1n) is 5.81. The fourth-order valence-electron chi connectivity index (χ4n) is 1.67. The first kappa shape index (κ1) is 14.2. The van der Waals surface area contributed by atoms with Crippen molar-refractivity contribution >= 4 is 15.9 Å². The van der Waals surface area contributed by atoms with E-state index in [0.29, 0.717) is 5.82 Å². The zero-order valence-electron chi connectivity index (χ0n) is 10.7. The lowest BCUT2D eigenvalue weighted by atomic mass is 10.2. The van der Waals surface area contributed by atoms with E-state index in [-0.39, 0.29) is 10.5 Å². The summed E-state index contributed by atoms with van der Waals surface area (Å²) in [5.41, 5.74) is 5.35. The maximum atomic E-state index is 12.1. The van der Waals surface area contributed by atoms with E-state index in [9.17, 15) is 13.2 Å². The smallest absolute Gasteiger partial charge is 0.248 e. The van der Waals surface area contributed by atoms with E-state index in [4.69, 9.17) is 5.73 Å². The summed E-state index contributed by atoms with van der Waals surface area (Å²) in [7, 11) is -3.69. The van der Waals surface area contributed by atoms with E-state index in [1.54, 1.807) is 19.3 Å². The fourth-order valence-corrected chi connectivity index (χ4v) is 2.88. The van der Waals surface area contributed by atoms with Crippen LogP contribution in [0.1, 0.15) is 29.1 Å². The first-order chi connectivity index (χ1) is 9.40. The van der Waals surface area contributed by atoms with Gasteiger partial charge in [-0.05, 0) is 31.2 Å². The molecule has 0 radical (unpaired) electrons. The molecule has 0 aliphatic heterocycles. The number of nitrogens with two attached hydrogens (primary N) is 1. The number of imidazole rings is 1. The van der Waals surface area contributed by atoms with Crippen LogP contribution in [0.15, 0.2) is 41.6 Å². The van der Waals surface area contributed by atoms with Crippen LogP contribution in [0.5, 0.6) is 0 Å². The summed E-state index contributed by atoms with van der Waals surface area (Å²) in [4.78, 5) is 17.8. The summed E-state index contributed by atoms with van der Waals surface area (Å²) >= 11 is 0. The van der Waals surface area contributed by atoms with Crippen LogP contribution < -0.4 is 10.5 Å². The number of benzene rings is 1. The van der Waals surface area contributed by atoms with Crippen molar-refractivity contribution in [2.45, 2.75) is 17.9 Å². The second-order valence-electron chi connectivity index (χ2n) is 4.21. The molecule has 20 heavy (non-hydrogen) atoms. The molecule has 2 rings (SSSR count). The molecular weight excluding hydrogens is 280 g/mol. The van der Waals surface area contributed by atoms with Gasteiger partial charge in [0.1, 0.15) is 5.82 Å². The third-order valence-electron chi connectivity index (χ3n) is 2.71. The second-order valence-corrected chi connectivity index (χ2v) is 5.92. The standard InChI is InChI=1S/C12H14N4O3S/c1-8(12-14-6-7-15-12)16-20(18,19)10-4-2-9(3-5-10)11(13)17/h2-8,16H,1H3,(H2,13,17)(H,14,15). The summed E-state index contributed by atoms with van der Waals surface area (Å²) in [6, 6.07) is 4.91. The average molecular weight is 294 g/mol. The number of aromatic amines is 1. The highest BCUT2D eigenvalue weighted by molar-refractivity contribution is 7.89. The van der Waals surface area contributed by atoms with Gasteiger partial charge in [0.05, 0.1) is 10.9 Å². The maximum Gasteiger partial charge on any atom is 0.248 e. The summed E-state index contributed by atoms with van der Waals surface area (Å²) in [6.45, 7) is 1.67. The minimum absolute atomic E-state index is 0.0564. The lowest BCUT2D eigenvalue weighted by Gasteiger charge is -2.12. The Kier molecular flexibility index (Phi) is 3.86. The lowest BCUT2D eigenvalue weighted by Crippen LogP contribution is -2.27. The Hall–Kier alpha value is -2.19. The van der Waals surface area contributed by atoms with Crippen molar-refractivity contribution in [1.82, 2.24) is 14.7 Å². The number of amides is 1. The number of H-pyrrole nitrogens is 1. The van der Waals surface area contributed by atoms with Gasteiger partial charge in [-0.3, -0.25) is 4.79 Å². The summed E-state index contributed by atoms with van der Waals surface area (Å²) in [5.74, 6) is -0.0896. The van der Waals surface area contributed by atoms with Crippen molar-refractivity contribution in [2.75, 3.05) is 0 Å². The molecule has 2 aromatic rings. The average Bonchev–Trinajstić information content (AvgIpc) is 2.92. The minimum atomic E-state index is -3.69. The van der Waals surface area contributed by atoms with Gasteiger partial charge in [-0.2, -0.15) is 0 Å². The number of carbonyl (C=O) groups excluding carboxylic acids is 1. The highest BCUT2D eigenvalue weighted by Crippen LogP contribution is 2.14. The Morgan fingerprint density at radius 3 is 2.50 bits per heavy atom. The molecular formula is C12H14N4O3S. The number of hydrogen-bond donors (Lipinski definition) is 3. The van der Waals surface area contributed by atoms with Crippen LogP contribution in [0, 0.1) is 0 Å². The largest absolute Gasteiger partial charge is 0.366 e. The quantitative estimate of drug-likeness (QED) is 0.746. The Morgan fingerprint density at radius 1 is 1.35 bits per heavy atom. The monoisotopic (exact) mass is 294 g/mol. The molecule has 1 unspecified atom stereocenters. The Balaban J connectivity index is 2.20. The van der Waals surface area contributed by atoms with Crippen molar-refractivity contribution in [3.8, 4) is 0 Å². The van der Waals surface area contributed by atoms with Crippen LogP contribution in [0.3, 0.4) is 0 Å². The maximum absolute atomic E-state index is 12.1. The number of carbonyl (C=O) groups is 1. The molecule has 0 bridgehead atoms. The van der Waals surface area contributed by atoms with Gasteiger partial charge >= 0.3 is 0 Å². The van der Waals surface area contributed by atoms with E-state index in [1.165, 1.54) is 24.3 Å². The van der Waals surface area contributed by atoms with Crippen LogP contribution in [0.2, 0.25) is 0 Å². The van der Waals surface area contributed by atoms with Crippen LogP contribution in [-0.4, -0.2) is 24.3 Å². The predicted molar refractivity (Wildman–Crippen MR) is 72.3 cm³/mol. The number of nitrogens with one attached hydrogen (secondary N) is 2. The number of primary amides is 1. The molecule has 4 N–H and O–H groups in total. The molecule has 0 saturated carbocycles. The van der Waals surface area contributed by atoms with Gasteiger partial charge < -0.3 is 10.7 Å². The Bertz CT molecular complexity index is 693. The van der Waals surface area contributed by atoms with E-state index >= 15 is 0 Å². The van der Waals surface area contributed by atoms with Gasteiger partial charge in [-0.1, -0.05) is 0 Å². The minimum Gasteiger partial charge on any atom is -0.366 e. The predicted octanol–water partition coefficient (Wildman–Crippen LogP) is 0.548. The van der Waals surface area contributed by atoms with Gasteiger partial charge in [0, 0.05) is 18.0 Å². The molecule has 8 heteroatoms. The third kappa shape index (κ3) is 3.03. The third-order valence-corrected chi connectivity index (χ3v) is 4.27. The number of rotatable bonds is 5. The number of hydrogen-bond acceptors (Lipinski definition) is 4. The van der Waals surface area contributed by atoms with Crippen molar-refractivity contribution < 1.29 is 13.2 Å². The van der Waals surface area contributed by atoms with E-state index in [2.05, 4.69) is 14.7 Å². The molecule has 106 valence electrons. The van der Waals surface area contributed by atoms with Gasteiger partial charge in [0.25, 0.3) is 0 Å². The van der Waals surface area contributed by atoms with E-state index in [0.717, 1.165) is 0 Å². The summed E-state index contributed by atoms with van der Waals surface area (Å²) in [6.07, 6.45) is 3.16. The molecule has 1 aromatic heterocycles. The van der Waals surface area contributed by atoms with Crippen LogP contribution in [-0.2, 0) is 10.0 Å². The van der Waals surface area contributed by atoms with Gasteiger partial charge in [-0.15, -0.1) is 0 Å². The van der Waals surface area contributed by atoms with Gasteiger partial charge in [0.15, 0.2) is 0 Å². The summed E-state index contributed by atoms with van der Waals surface area (Å²) in [5, 5.41) is 0. The molecule has 0 spiro atoms. The van der Waals surface area contributed by atoms with E-state index in [1.807, 2.05) is 0 Å². The van der Waals surface area contributed by atoms with Gasteiger partial charge in [0.2, 0.25) is 15.9 Å². The van der Waals surface area contributed by atoms with Crippen LogP contribution >= 0.6 is 0 Å². The van der Waals surface area contributed by atoms with Crippen LogP contribution in [0.4, 0.5) is 0 Å². The van der Waals surface area contributed by atoms with Gasteiger partial charge in [-0.25, -0.2) is 18.1 Å². The lowest BCUT2D eigenvalue weighted by molar-refractivity contribution is 0.1000. The molecule has 1 atom stereocenters. The molecule has 7 nitrogen and oxygen atoms in total. The van der Waals surface area contributed by atoms with Crippen molar-refractivity contribution in [1.29, 1.82) is 0 Å². The SMILES string of the molecule is CC(NS(=O)(=O)c1ccc(C(N)=O)cc1)c1ncc[nH]1. The Labute approximate surface area is 116 Å². The van der Waals surface area contributed by atoms with Crippen LogP contribution in [0.25, 0.3) is 0 Å². The second kappa shape index (κ2) is 5.43. The molecule has 0 aliphatic carbocycles. The zero-order valence-corrected chi connectivity index (χ0v) is 11.5. The topological polar surface area (TPSA) is 118 Å². The molecule has 0 aliphatic rings. The Morgan fingerprint density at radius 2 is 2.00 bits per heavy atom. The summed E-state index contributed by atoms with van der Waals surface area (Å²) < 4.78 is 26.8. The number of nitrogens with zero attached hydrogens (tertiary/aromatic N) is 1. The van der Waals surface area contributed by atoms with Crippen molar-refractivity contribution in [2.24, 2.45) is 5.73 Å². The van der Waals surface area contributed by atoms with Crippen molar-refractivity contribution in [3.05, 3.63) is 48.0 Å². The molecule has 1 heterocycles. The molecule has 1 aromatic carbocycles. The van der Waals surface area contributed by atoms with Crippen molar-refractivity contribution in [3.63, 3.8) is 0 Å². The molecule has 0 saturated heterocycles. The fraction of sp³-hybridized carbons (Fsp3) is 0.167. The highest BCUT2D eigenvalue weighted by Gasteiger charge is 2.19. The highest BCUT2D eigenvalue weighted by atomic mass is 32.2. The normalized spacial score (nSPS) is 13.1. The molecule has 1 amide bonds. The number of aromatic nitrogens is 2.